The van der Waals surface area contributed by atoms with Crippen molar-refractivity contribution in [3.63, 3.8) is 0 Å². The molecule has 3 aromatic carbocycles. The van der Waals surface area contributed by atoms with E-state index in [-0.39, 0.29) is 13.2 Å². The molecule has 0 radical (unpaired) electrons. The first kappa shape index (κ1) is 22.3. The number of aryl methyl sites for hydroxylation is 2. The van der Waals surface area contributed by atoms with Gasteiger partial charge >= 0.3 is 11.9 Å². The zero-order valence-electron chi connectivity index (χ0n) is 19.1. The van der Waals surface area contributed by atoms with Crippen molar-refractivity contribution >= 4 is 11.9 Å². The molecule has 0 spiro atoms. The summed E-state index contributed by atoms with van der Waals surface area (Å²) >= 11 is 0. The maximum absolute atomic E-state index is 12.7. The van der Waals surface area contributed by atoms with Crippen LogP contribution in [-0.4, -0.2) is 49.6 Å². The molecule has 0 saturated carbocycles. The van der Waals surface area contributed by atoms with E-state index < -0.39 is 36.4 Å². The molecule has 0 N–H and O–H groups in total. The molecule has 0 amide bonds. The summed E-state index contributed by atoms with van der Waals surface area (Å²) in [7, 11) is 0. The molecular weight excluding hydrogens is 432 g/mol. The summed E-state index contributed by atoms with van der Waals surface area (Å²) in [5.41, 5.74) is 5.31. The highest BCUT2D eigenvalue weighted by molar-refractivity contribution is 5.90. The van der Waals surface area contributed by atoms with Crippen LogP contribution in [0.1, 0.15) is 31.8 Å². The van der Waals surface area contributed by atoms with Crippen LogP contribution < -0.4 is 0 Å². The van der Waals surface area contributed by atoms with E-state index in [1.165, 1.54) is 5.56 Å². The number of ether oxygens (including phenoxy) is 4. The summed E-state index contributed by atoms with van der Waals surface area (Å²) in [6.07, 6.45) is -2.03. The second kappa shape index (κ2) is 9.41. The van der Waals surface area contributed by atoms with Crippen molar-refractivity contribution in [2.24, 2.45) is 0 Å². The van der Waals surface area contributed by atoms with E-state index in [9.17, 15) is 9.59 Å². The lowest BCUT2D eigenvalue weighted by Gasteiger charge is -2.17. The van der Waals surface area contributed by atoms with Crippen molar-refractivity contribution in [2.45, 2.75) is 38.3 Å². The van der Waals surface area contributed by atoms with Crippen LogP contribution >= 0.6 is 0 Å². The normalized spacial score (nSPS) is 23.4. The van der Waals surface area contributed by atoms with Gasteiger partial charge in [-0.3, -0.25) is 0 Å². The average molecular weight is 459 g/mol. The minimum Gasteiger partial charge on any atom is -0.453 e. The Kier molecular flexibility index (Phi) is 6.18. The smallest absolute Gasteiger partial charge is 0.338 e. The molecule has 174 valence electrons. The van der Waals surface area contributed by atoms with Crippen LogP contribution in [0.15, 0.2) is 72.8 Å². The Labute approximate surface area is 198 Å². The third-order valence-corrected chi connectivity index (χ3v) is 6.27. The first-order valence-electron chi connectivity index (χ1n) is 11.4. The Balaban J connectivity index is 1.18. The summed E-state index contributed by atoms with van der Waals surface area (Å²) < 4.78 is 22.9. The topological polar surface area (TPSA) is 71.1 Å². The lowest BCUT2D eigenvalue weighted by molar-refractivity contribution is -0.0287. The van der Waals surface area contributed by atoms with Crippen molar-refractivity contribution in [2.75, 3.05) is 13.2 Å². The number of hydrogen-bond donors (Lipinski definition) is 0. The van der Waals surface area contributed by atoms with E-state index in [0.29, 0.717) is 11.1 Å². The molecule has 2 aliphatic heterocycles. The fourth-order valence-electron chi connectivity index (χ4n) is 4.28. The Morgan fingerprint density at radius 3 is 1.41 bits per heavy atom. The van der Waals surface area contributed by atoms with Crippen molar-refractivity contribution < 1.29 is 28.5 Å². The average Bonchev–Trinajstić information content (AvgIpc) is 3.43. The zero-order chi connectivity index (χ0) is 23.7. The van der Waals surface area contributed by atoms with Gasteiger partial charge in [-0.1, -0.05) is 59.7 Å². The minimum absolute atomic E-state index is 0.196. The van der Waals surface area contributed by atoms with E-state index in [0.717, 1.165) is 16.7 Å². The van der Waals surface area contributed by atoms with Gasteiger partial charge in [-0.2, -0.15) is 0 Å². The van der Waals surface area contributed by atoms with E-state index in [2.05, 4.69) is 24.3 Å². The second-order valence-corrected chi connectivity index (χ2v) is 8.79. The molecule has 6 nitrogen and oxygen atoms in total. The summed E-state index contributed by atoms with van der Waals surface area (Å²) in [5, 5.41) is 0. The van der Waals surface area contributed by atoms with Crippen LogP contribution in [-0.2, 0) is 18.9 Å². The SMILES string of the molecule is Cc1ccc(C(=O)O[C@H]2CO[C@H]3[C@@H]2OC[C@H]3OC(=O)c2ccc(-c3ccc(C)cc3)cc2)cc1. The van der Waals surface area contributed by atoms with Crippen molar-refractivity contribution in [1.82, 2.24) is 0 Å². The summed E-state index contributed by atoms with van der Waals surface area (Å²) in [4.78, 5) is 25.2. The number of benzene rings is 3. The molecule has 2 aliphatic rings. The highest BCUT2D eigenvalue weighted by Gasteiger charge is 2.51. The van der Waals surface area contributed by atoms with Crippen molar-refractivity contribution in [3.05, 3.63) is 95.1 Å². The highest BCUT2D eigenvalue weighted by Crippen LogP contribution is 2.31. The number of esters is 2. The molecule has 6 heteroatoms. The second-order valence-electron chi connectivity index (χ2n) is 8.79. The maximum atomic E-state index is 12.7. The molecule has 4 atom stereocenters. The molecular formula is C28H26O6. The van der Waals surface area contributed by atoms with Crippen LogP contribution in [0.25, 0.3) is 11.1 Å². The predicted molar refractivity (Wildman–Crippen MR) is 126 cm³/mol. The molecule has 3 aromatic rings. The molecule has 2 fully saturated rings. The van der Waals surface area contributed by atoms with E-state index in [4.69, 9.17) is 18.9 Å². The minimum atomic E-state index is -0.558. The first-order valence-corrected chi connectivity index (χ1v) is 11.4. The fraction of sp³-hybridized carbons (Fsp3) is 0.286. The summed E-state index contributed by atoms with van der Waals surface area (Å²) in [6.45, 7) is 4.40. The fourth-order valence-corrected chi connectivity index (χ4v) is 4.28. The number of hydrogen-bond acceptors (Lipinski definition) is 6. The van der Waals surface area contributed by atoms with Gasteiger partial charge in [0.1, 0.15) is 12.2 Å². The van der Waals surface area contributed by atoms with Gasteiger partial charge in [0.25, 0.3) is 0 Å². The third-order valence-electron chi connectivity index (χ3n) is 6.27. The summed E-state index contributed by atoms with van der Waals surface area (Å²) in [6, 6.07) is 22.7. The molecule has 0 aliphatic carbocycles. The van der Waals surface area contributed by atoms with Gasteiger partial charge in [0, 0.05) is 0 Å². The van der Waals surface area contributed by atoms with Gasteiger partial charge in [-0.05, 0) is 49.2 Å². The van der Waals surface area contributed by atoms with Gasteiger partial charge in [-0.15, -0.1) is 0 Å². The molecule has 0 bridgehead atoms. The summed E-state index contributed by atoms with van der Waals surface area (Å²) in [5.74, 6) is -0.861. The van der Waals surface area contributed by atoms with Crippen LogP contribution in [0.3, 0.4) is 0 Å². The monoisotopic (exact) mass is 458 g/mol. The molecule has 2 saturated heterocycles. The predicted octanol–water partition coefficient (Wildman–Crippen LogP) is 4.52. The largest absolute Gasteiger partial charge is 0.453 e. The van der Waals surface area contributed by atoms with Gasteiger partial charge in [0.05, 0.1) is 24.3 Å². The highest BCUT2D eigenvalue weighted by atomic mass is 16.7. The van der Waals surface area contributed by atoms with Crippen LogP contribution in [0.5, 0.6) is 0 Å². The molecule has 0 unspecified atom stereocenters. The number of carbonyl (C=O) groups is 2. The Morgan fingerprint density at radius 1 is 0.618 bits per heavy atom. The van der Waals surface area contributed by atoms with Crippen molar-refractivity contribution in [1.29, 1.82) is 0 Å². The van der Waals surface area contributed by atoms with Gasteiger partial charge in [-0.25, -0.2) is 9.59 Å². The number of fused-ring (bicyclic) bond motifs is 1. The molecule has 0 aromatic heterocycles. The standard InChI is InChI=1S/C28H26O6/c1-17-3-7-19(8-4-17)20-11-13-22(14-12-20)28(30)34-24-16-32-25-23(15-31-26(24)25)33-27(29)21-9-5-18(2)6-10-21/h3-14,23-26H,15-16H2,1-2H3/t23-,24+,25+,26+/m0/s1. The lowest BCUT2D eigenvalue weighted by Crippen LogP contribution is -2.36. The maximum Gasteiger partial charge on any atom is 0.338 e. The van der Waals surface area contributed by atoms with E-state index in [1.54, 1.807) is 24.3 Å². The van der Waals surface area contributed by atoms with Gasteiger partial charge < -0.3 is 18.9 Å². The van der Waals surface area contributed by atoms with E-state index >= 15 is 0 Å². The van der Waals surface area contributed by atoms with Crippen LogP contribution in [0.4, 0.5) is 0 Å². The molecule has 5 rings (SSSR count). The Bertz CT molecular complexity index is 1170. The lowest BCUT2D eigenvalue weighted by atomic mass is 10.0. The Hall–Kier alpha value is -3.48. The number of rotatable bonds is 5. The third kappa shape index (κ3) is 4.60. The van der Waals surface area contributed by atoms with Crippen molar-refractivity contribution in [3.8, 4) is 11.1 Å². The molecule has 34 heavy (non-hydrogen) atoms. The molecule has 2 heterocycles. The van der Waals surface area contributed by atoms with Crippen LogP contribution in [0.2, 0.25) is 0 Å². The quantitative estimate of drug-likeness (QED) is 0.524. The zero-order valence-corrected chi connectivity index (χ0v) is 19.1. The van der Waals surface area contributed by atoms with Gasteiger partial charge in [0.2, 0.25) is 0 Å². The Morgan fingerprint density at radius 2 is 0.971 bits per heavy atom. The number of carbonyl (C=O) groups excluding carboxylic acids is 2. The van der Waals surface area contributed by atoms with E-state index in [1.807, 2.05) is 38.1 Å². The van der Waals surface area contributed by atoms with Gasteiger partial charge in [0.15, 0.2) is 12.2 Å². The first-order chi connectivity index (χ1) is 16.5. The van der Waals surface area contributed by atoms with Crippen LogP contribution in [0, 0.1) is 13.8 Å².